The molecule has 0 aromatic heterocycles. The van der Waals surface area contributed by atoms with Crippen LogP contribution >= 0.6 is 0 Å². The van der Waals surface area contributed by atoms with Crippen molar-refractivity contribution in [3.63, 3.8) is 0 Å². The molecule has 0 saturated heterocycles. The number of carbonyl (C=O) groups excluding carboxylic acids is 1. The van der Waals surface area contributed by atoms with Gasteiger partial charge in [0.25, 0.3) is 0 Å². The van der Waals surface area contributed by atoms with Crippen molar-refractivity contribution >= 4 is 11.5 Å². The van der Waals surface area contributed by atoms with Crippen molar-refractivity contribution in [3.05, 3.63) is 76.5 Å². The van der Waals surface area contributed by atoms with Gasteiger partial charge in [-0.3, -0.25) is 4.79 Å². The summed E-state index contributed by atoms with van der Waals surface area (Å²) in [7, 11) is 0. The Labute approximate surface area is 164 Å². The number of benzene rings is 2. The van der Waals surface area contributed by atoms with E-state index in [0.717, 1.165) is 28.1 Å². The van der Waals surface area contributed by atoms with Gasteiger partial charge < -0.3 is 5.32 Å². The summed E-state index contributed by atoms with van der Waals surface area (Å²) in [6.45, 7) is 17.1. The third kappa shape index (κ3) is 5.32. The maximum Gasteiger partial charge on any atom is 0.187 e. The van der Waals surface area contributed by atoms with E-state index in [0.29, 0.717) is 0 Å². The lowest BCUT2D eigenvalue weighted by Crippen LogP contribution is -2.20. The molecule has 0 aliphatic rings. The molecule has 144 valence electrons. The van der Waals surface area contributed by atoms with Gasteiger partial charge in [-0.25, -0.2) is 0 Å². The molecule has 0 fully saturated rings. The van der Waals surface area contributed by atoms with E-state index in [1.807, 2.05) is 31.2 Å². The fraction of sp³-hybridized carbons (Fsp3) is 0.400. The lowest BCUT2D eigenvalue weighted by molar-refractivity contribution is 0.104. The van der Waals surface area contributed by atoms with E-state index < -0.39 is 0 Å². The molecule has 2 rings (SSSR count). The molecule has 0 spiro atoms. The molecular formula is C25H33NO. The number of ketones is 1. The third-order valence-electron chi connectivity index (χ3n) is 4.78. The Morgan fingerprint density at radius 1 is 0.926 bits per heavy atom. The highest BCUT2D eigenvalue weighted by Crippen LogP contribution is 2.32. The monoisotopic (exact) mass is 363 g/mol. The summed E-state index contributed by atoms with van der Waals surface area (Å²) >= 11 is 0. The zero-order chi connectivity index (χ0) is 20.4. The number of aryl methyl sites for hydroxylation is 1. The van der Waals surface area contributed by atoms with Gasteiger partial charge in [0.05, 0.1) is 0 Å². The molecule has 0 aliphatic heterocycles. The molecule has 0 heterocycles. The first-order valence-electron chi connectivity index (χ1n) is 9.60. The van der Waals surface area contributed by atoms with Crippen molar-refractivity contribution in [2.75, 3.05) is 5.32 Å². The van der Waals surface area contributed by atoms with E-state index in [9.17, 15) is 4.79 Å². The topological polar surface area (TPSA) is 29.1 Å². The van der Waals surface area contributed by atoms with Crippen molar-refractivity contribution in [3.8, 4) is 0 Å². The number of para-hydroxylation sites is 1. The second-order valence-corrected chi connectivity index (χ2v) is 9.39. The third-order valence-corrected chi connectivity index (χ3v) is 4.78. The number of carbonyl (C=O) groups is 1. The lowest BCUT2D eigenvalue weighted by atomic mass is 9.78. The fourth-order valence-corrected chi connectivity index (χ4v) is 3.08. The summed E-state index contributed by atoms with van der Waals surface area (Å²) in [6, 6.07) is 14.4. The molecule has 0 atom stereocenters. The predicted molar refractivity (Wildman–Crippen MR) is 117 cm³/mol. The van der Waals surface area contributed by atoms with Gasteiger partial charge in [0, 0.05) is 23.0 Å². The van der Waals surface area contributed by atoms with Gasteiger partial charge in [-0.05, 0) is 47.4 Å². The van der Waals surface area contributed by atoms with Crippen molar-refractivity contribution in [2.24, 2.45) is 0 Å². The molecule has 2 nitrogen and oxygen atoms in total. The van der Waals surface area contributed by atoms with Crippen molar-refractivity contribution in [1.29, 1.82) is 0 Å². The molecule has 27 heavy (non-hydrogen) atoms. The standard InChI is InChI=1S/C25H33NO/c1-17-11-9-10-12-22(17)26-18(2)15-23(27)20-14-13-19(24(3,4)5)16-21(20)25(6,7)8/h9-16,26H,1-8H3. The van der Waals surface area contributed by atoms with E-state index in [2.05, 4.69) is 72.0 Å². The second kappa shape index (κ2) is 7.72. The van der Waals surface area contributed by atoms with E-state index in [-0.39, 0.29) is 16.6 Å². The number of anilines is 1. The molecule has 0 amide bonds. The molecule has 2 aromatic rings. The van der Waals surface area contributed by atoms with Crippen LogP contribution in [0.15, 0.2) is 54.2 Å². The Hall–Kier alpha value is -2.35. The smallest absolute Gasteiger partial charge is 0.187 e. The van der Waals surface area contributed by atoms with Gasteiger partial charge in [-0.15, -0.1) is 0 Å². The molecule has 0 unspecified atom stereocenters. The van der Waals surface area contributed by atoms with E-state index >= 15 is 0 Å². The Bertz CT molecular complexity index is 861. The Morgan fingerprint density at radius 2 is 1.56 bits per heavy atom. The first-order chi connectivity index (χ1) is 12.4. The minimum atomic E-state index is -0.0998. The molecule has 0 saturated carbocycles. The molecule has 2 heteroatoms. The first kappa shape index (κ1) is 21.0. The Kier molecular flexibility index (Phi) is 5.99. The van der Waals surface area contributed by atoms with Crippen LogP contribution in [0.4, 0.5) is 5.69 Å². The van der Waals surface area contributed by atoms with Gasteiger partial charge in [0.2, 0.25) is 0 Å². The van der Waals surface area contributed by atoms with Crippen molar-refractivity contribution < 1.29 is 4.79 Å². The van der Waals surface area contributed by atoms with Gasteiger partial charge >= 0.3 is 0 Å². The zero-order valence-corrected chi connectivity index (χ0v) is 18.0. The average Bonchev–Trinajstić information content (AvgIpc) is 2.54. The predicted octanol–water partition coefficient (Wildman–Crippen LogP) is 6.79. The van der Waals surface area contributed by atoms with Gasteiger partial charge in [0.15, 0.2) is 5.78 Å². The van der Waals surface area contributed by atoms with Crippen LogP contribution in [-0.4, -0.2) is 5.78 Å². The van der Waals surface area contributed by atoms with E-state index in [1.54, 1.807) is 6.08 Å². The normalized spacial score (nSPS) is 12.8. The second-order valence-electron chi connectivity index (χ2n) is 9.39. The lowest BCUT2D eigenvalue weighted by Gasteiger charge is -2.27. The van der Waals surface area contributed by atoms with Gasteiger partial charge in [-0.1, -0.05) is 77.9 Å². The van der Waals surface area contributed by atoms with Crippen LogP contribution in [-0.2, 0) is 10.8 Å². The van der Waals surface area contributed by atoms with Crippen LogP contribution in [0, 0.1) is 6.92 Å². The fourth-order valence-electron chi connectivity index (χ4n) is 3.08. The van der Waals surface area contributed by atoms with Gasteiger partial charge in [0.1, 0.15) is 0 Å². The number of nitrogens with one attached hydrogen (secondary N) is 1. The van der Waals surface area contributed by atoms with Crippen LogP contribution in [0.2, 0.25) is 0 Å². The van der Waals surface area contributed by atoms with Crippen molar-refractivity contribution in [1.82, 2.24) is 0 Å². The van der Waals surface area contributed by atoms with Crippen LogP contribution < -0.4 is 5.32 Å². The minimum absolute atomic E-state index is 0.0407. The summed E-state index contributed by atoms with van der Waals surface area (Å²) in [6.07, 6.45) is 1.70. The largest absolute Gasteiger partial charge is 0.359 e. The van der Waals surface area contributed by atoms with Crippen LogP contribution in [0.3, 0.4) is 0 Å². The number of hydrogen-bond donors (Lipinski definition) is 1. The average molecular weight is 364 g/mol. The van der Waals surface area contributed by atoms with E-state index in [1.165, 1.54) is 5.56 Å². The van der Waals surface area contributed by atoms with Crippen LogP contribution in [0.1, 0.15) is 75.5 Å². The molecule has 0 radical (unpaired) electrons. The number of allylic oxidation sites excluding steroid dienone is 2. The number of hydrogen-bond acceptors (Lipinski definition) is 2. The zero-order valence-electron chi connectivity index (χ0n) is 18.0. The summed E-state index contributed by atoms with van der Waals surface area (Å²) in [5, 5.41) is 3.34. The maximum absolute atomic E-state index is 13.0. The summed E-state index contributed by atoms with van der Waals surface area (Å²) < 4.78 is 0. The van der Waals surface area contributed by atoms with Crippen molar-refractivity contribution in [2.45, 2.75) is 66.2 Å². The summed E-state index contributed by atoms with van der Waals surface area (Å²) in [4.78, 5) is 13.0. The highest BCUT2D eigenvalue weighted by Gasteiger charge is 2.24. The van der Waals surface area contributed by atoms with Crippen LogP contribution in [0.25, 0.3) is 0 Å². The highest BCUT2D eigenvalue weighted by molar-refractivity contribution is 6.06. The highest BCUT2D eigenvalue weighted by atomic mass is 16.1. The molecule has 1 N–H and O–H groups in total. The maximum atomic E-state index is 13.0. The molecule has 0 aliphatic carbocycles. The first-order valence-corrected chi connectivity index (χ1v) is 9.60. The van der Waals surface area contributed by atoms with Crippen LogP contribution in [0.5, 0.6) is 0 Å². The Morgan fingerprint density at radius 3 is 2.11 bits per heavy atom. The molecule has 0 bridgehead atoms. The SMILES string of the molecule is CC(=CC(=O)c1ccc(C(C)(C)C)cc1C(C)(C)C)Nc1ccccc1C. The Balaban J connectivity index is 2.39. The molecular weight excluding hydrogens is 330 g/mol. The number of rotatable bonds is 4. The minimum Gasteiger partial charge on any atom is -0.359 e. The van der Waals surface area contributed by atoms with Gasteiger partial charge in [-0.2, -0.15) is 0 Å². The molecule has 2 aromatic carbocycles. The summed E-state index contributed by atoms with van der Waals surface area (Å²) in [5.74, 6) is 0.0407. The van der Waals surface area contributed by atoms with E-state index in [4.69, 9.17) is 0 Å². The summed E-state index contributed by atoms with van der Waals surface area (Å²) in [5.41, 5.74) is 6.11. The quantitative estimate of drug-likeness (QED) is 0.478.